The van der Waals surface area contributed by atoms with Gasteiger partial charge in [-0.3, -0.25) is 19.6 Å². The number of hydrazine groups is 1. The van der Waals surface area contributed by atoms with E-state index < -0.39 is 11.3 Å². The number of hydrogen-bond donors (Lipinski definition) is 3. The van der Waals surface area contributed by atoms with Crippen molar-refractivity contribution in [3.05, 3.63) is 47.5 Å². The molecule has 1 amide bonds. The first-order chi connectivity index (χ1) is 17.3. The third kappa shape index (κ3) is 7.40. The molecule has 1 saturated heterocycles. The molecule has 11 nitrogen and oxygen atoms in total. The molecule has 0 radical (unpaired) electrons. The fraction of sp³-hybridized carbons (Fsp3) is 0.462. The van der Waals surface area contributed by atoms with Gasteiger partial charge in [0.05, 0.1) is 47.5 Å². The van der Waals surface area contributed by atoms with Gasteiger partial charge in [0.25, 0.3) is 5.91 Å². The third-order valence-electron chi connectivity index (χ3n) is 6.31. The van der Waals surface area contributed by atoms with Crippen LogP contribution in [0.2, 0.25) is 0 Å². The number of amides is 1. The maximum Gasteiger partial charge on any atom is 0.280 e. The highest BCUT2D eigenvalue weighted by Gasteiger charge is 2.23. The molecule has 0 aromatic carbocycles. The first kappa shape index (κ1) is 27.9. The van der Waals surface area contributed by atoms with Crippen LogP contribution in [0.25, 0.3) is 0 Å². The summed E-state index contributed by atoms with van der Waals surface area (Å²) >= 11 is 0. The van der Waals surface area contributed by atoms with E-state index in [1.165, 1.54) is 11.2 Å². The van der Waals surface area contributed by atoms with Crippen LogP contribution < -0.4 is 21.5 Å². The third-order valence-corrected chi connectivity index (χ3v) is 6.31. The van der Waals surface area contributed by atoms with E-state index in [1.54, 1.807) is 40.0 Å². The summed E-state index contributed by atoms with van der Waals surface area (Å²) < 4.78 is 0. The Hall–Kier alpha value is -3.70. The summed E-state index contributed by atoms with van der Waals surface area (Å²) in [4.78, 5) is 41.9. The average Bonchev–Trinajstić information content (AvgIpc) is 2.84. The van der Waals surface area contributed by atoms with Crippen LogP contribution in [0.5, 0.6) is 0 Å². The summed E-state index contributed by atoms with van der Waals surface area (Å²) in [6.07, 6.45) is 4.75. The molecule has 0 aliphatic carbocycles. The second-order valence-corrected chi connectivity index (χ2v) is 10.4. The fourth-order valence-electron chi connectivity index (χ4n) is 3.77. The van der Waals surface area contributed by atoms with E-state index in [9.17, 15) is 9.59 Å². The number of aliphatic imine (C=N–C) groups is 1. The molecule has 0 bridgehead atoms. The van der Waals surface area contributed by atoms with Crippen molar-refractivity contribution in [1.29, 1.82) is 5.41 Å². The Balaban J connectivity index is 1.71. The van der Waals surface area contributed by atoms with Gasteiger partial charge < -0.3 is 26.0 Å². The Morgan fingerprint density at radius 2 is 1.78 bits per heavy atom. The minimum absolute atomic E-state index is 0.0498. The first-order valence-electron chi connectivity index (χ1n) is 12.2. The second-order valence-electron chi connectivity index (χ2n) is 10.4. The Labute approximate surface area is 218 Å². The van der Waals surface area contributed by atoms with E-state index in [4.69, 9.17) is 17.0 Å². The van der Waals surface area contributed by atoms with Gasteiger partial charge in [-0.15, -0.1) is 0 Å². The van der Waals surface area contributed by atoms with Crippen molar-refractivity contribution in [2.45, 2.75) is 34.1 Å². The number of hydrogen-bond acceptors (Lipinski definition) is 9. The zero-order valence-electron chi connectivity index (χ0n) is 22.3. The van der Waals surface area contributed by atoms with E-state index in [1.807, 2.05) is 12.3 Å². The summed E-state index contributed by atoms with van der Waals surface area (Å²) in [5.41, 5.74) is 8.47. The van der Waals surface area contributed by atoms with Crippen molar-refractivity contribution >= 4 is 34.6 Å². The van der Waals surface area contributed by atoms with Gasteiger partial charge in [0, 0.05) is 49.6 Å². The molecule has 3 heterocycles. The largest absolute Gasteiger partial charge is 0.387 e. The number of ketones is 1. The lowest BCUT2D eigenvalue weighted by atomic mass is 9.89. The predicted octanol–water partition coefficient (Wildman–Crippen LogP) is 1.79. The highest BCUT2D eigenvalue weighted by molar-refractivity contribution is 6.09. The van der Waals surface area contributed by atoms with Gasteiger partial charge in [0.2, 0.25) is 0 Å². The van der Waals surface area contributed by atoms with E-state index >= 15 is 0 Å². The van der Waals surface area contributed by atoms with Crippen molar-refractivity contribution in [2.24, 2.45) is 22.0 Å². The molecule has 1 aliphatic heterocycles. The number of anilines is 2. The number of amidine groups is 1. The minimum atomic E-state index is -0.611. The van der Waals surface area contributed by atoms with Crippen LogP contribution in [0.4, 0.5) is 11.4 Å². The number of nitrogens with one attached hydrogen (secondary N) is 1. The van der Waals surface area contributed by atoms with E-state index in [2.05, 4.69) is 31.8 Å². The number of piperazine rings is 1. The van der Waals surface area contributed by atoms with Crippen LogP contribution in [-0.2, 0) is 4.79 Å². The zero-order valence-corrected chi connectivity index (χ0v) is 22.3. The molecule has 0 spiro atoms. The number of nitrogens with zero attached hydrogens (tertiary/aromatic N) is 6. The smallest absolute Gasteiger partial charge is 0.280 e. The molecule has 198 valence electrons. The van der Waals surface area contributed by atoms with E-state index in [0.717, 1.165) is 31.9 Å². The molecule has 0 atom stereocenters. The molecular formula is C26H37N9O2. The van der Waals surface area contributed by atoms with Crippen molar-refractivity contribution < 1.29 is 9.59 Å². The molecule has 2 aromatic rings. The lowest BCUT2D eigenvalue weighted by Gasteiger charge is -2.34. The fourth-order valence-corrected chi connectivity index (χ4v) is 3.77. The molecule has 37 heavy (non-hydrogen) atoms. The quantitative estimate of drug-likeness (QED) is 0.210. The number of carbonyl (C=O) groups excluding carboxylic acids is 2. The zero-order chi connectivity index (χ0) is 27.3. The molecule has 1 fully saturated rings. The predicted molar refractivity (Wildman–Crippen MR) is 146 cm³/mol. The van der Waals surface area contributed by atoms with Crippen LogP contribution in [-0.4, -0.2) is 77.9 Å². The Bertz CT molecular complexity index is 1190. The van der Waals surface area contributed by atoms with Gasteiger partial charge in [0.1, 0.15) is 11.6 Å². The second kappa shape index (κ2) is 11.6. The molecule has 0 saturated carbocycles. The average molecular weight is 508 g/mol. The maximum absolute atomic E-state index is 12.7. The number of aryl methyl sites for hydroxylation is 1. The van der Waals surface area contributed by atoms with Crippen LogP contribution in [0.3, 0.4) is 0 Å². The number of aromatic nitrogens is 2. The van der Waals surface area contributed by atoms with Gasteiger partial charge in [-0.25, -0.2) is 5.84 Å². The minimum Gasteiger partial charge on any atom is -0.387 e. The number of likely N-dealkylation sites (N-methyl/N-ethyl adjacent to an activating group) is 1. The summed E-state index contributed by atoms with van der Waals surface area (Å²) in [6, 6.07) is 3.52. The summed E-state index contributed by atoms with van der Waals surface area (Å²) in [5, 5.41) is 10.00. The van der Waals surface area contributed by atoms with Crippen molar-refractivity contribution in [1.82, 2.24) is 14.9 Å². The van der Waals surface area contributed by atoms with Gasteiger partial charge in [-0.1, -0.05) is 20.8 Å². The normalized spacial score (nSPS) is 15.0. The topological polar surface area (TPSA) is 158 Å². The summed E-state index contributed by atoms with van der Waals surface area (Å²) in [5.74, 6) is 5.54. The standard InChI is InChI=1S/C26H37N9O2/c1-17-22(11-19(14-31-17)25(37)32-24(28)12-23(36)26(2,3)4)35(29)16-21(27)18-10-20(15-30-13-18)34-8-6-33(5)7-9-34/h10-11,13-15,27H,6-9,12,16,29H2,1-5H3,(H2,28,32,37). The van der Waals surface area contributed by atoms with Crippen molar-refractivity contribution in [2.75, 3.05) is 49.7 Å². The number of rotatable bonds is 8. The molecule has 3 rings (SSSR count). The van der Waals surface area contributed by atoms with Crippen LogP contribution >= 0.6 is 0 Å². The number of carbonyl (C=O) groups is 2. The van der Waals surface area contributed by atoms with Crippen LogP contribution in [0.15, 0.2) is 35.7 Å². The molecular weight excluding hydrogens is 470 g/mol. The van der Waals surface area contributed by atoms with Gasteiger partial charge >= 0.3 is 0 Å². The van der Waals surface area contributed by atoms with Gasteiger partial charge in [0.15, 0.2) is 0 Å². The molecule has 2 aromatic heterocycles. The number of Topliss-reactive ketones (excluding diaryl/α,β-unsaturated/α-hetero) is 1. The maximum atomic E-state index is 12.7. The SMILES string of the molecule is Cc1ncc(C(=O)N=C(N)CC(=O)C(C)(C)C)cc1N(N)CC(=N)c1cncc(N2CCN(C)CC2)c1. The van der Waals surface area contributed by atoms with E-state index in [0.29, 0.717) is 16.9 Å². The number of pyridine rings is 2. The van der Waals surface area contributed by atoms with Gasteiger partial charge in [-0.2, -0.15) is 4.99 Å². The number of nitrogens with two attached hydrogens (primary N) is 2. The molecule has 11 heteroatoms. The highest BCUT2D eigenvalue weighted by Crippen LogP contribution is 2.21. The highest BCUT2D eigenvalue weighted by atomic mass is 16.1. The van der Waals surface area contributed by atoms with E-state index in [-0.39, 0.29) is 35.9 Å². The van der Waals surface area contributed by atoms with Crippen molar-refractivity contribution in [3.8, 4) is 0 Å². The Kier molecular flexibility index (Phi) is 8.72. The Morgan fingerprint density at radius 3 is 2.43 bits per heavy atom. The summed E-state index contributed by atoms with van der Waals surface area (Å²) in [6.45, 7) is 11.0. The van der Waals surface area contributed by atoms with Crippen molar-refractivity contribution in [3.63, 3.8) is 0 Å². The molecule has 0 unspecified atom stereocenters. The van der Waals surface area contributed by atoms with Crippen LogP contribution in [0, 0.1) is 17.7 Å². The monoisotopic (exact) mass is 507 g/mol. The first-order valence-corrected chi connectivity index (χ1v) is 12.2. The lowest BCUT2D eigenvalue weighted by Crippen LogP contribution is -2.44. The molecule has 1 aliphatic rings. The summed E-state index contributed by atoms with van der Waals surface area (Å²) in [7, 11) is 2.10. The van der Waals surface area contributed by atoms with Gasteiger partial charge in [-0.05, 0) is 26.1 Å². The molecule has 5 N–H and O–H groups in total. The van der Waals surface area contributed by atoms with Crippen LogP contribution in [0.1, 0.15) is 48.8 Å². The lowest BCUT2D eigenvalue weighted by molar-refractivity contribution is -0.125. The Morgan fingerprint density at radius 1 is 1.11 bits per heavy atom.